The van der Waals surface area contributed by atoms with Gasteiger partial charge in [-0.05, 0) is 12.1 Å². The second-order valence-electron chi connectivity index (χ2n) is 5.30. The lowest BCUT2D eigenvalue weighted by atomic mass is 10.1. The van der Waals surface area contributed by atoms with E-state index in [4.69, 9.17) is 5.73 Å². The van der Waals surface area contributed by atoms with Crippen LogP contribution in [-0.2, 0) is 0 Å². The Morgan fingerprint density at radius 3 is 2.87 bits per heavy atom. The molecule has 7 heteroatoms. The Balaban J connectivity index is 2.15. The Morgan fingerprint density at radius 2 is 2.13 bits per heavy atom. The lowest BCUT2D eigenvalue weighted by Crippen LogP contribution is -2.42. The summed E-state index contributed by atoms with van der Waals surface area (Å²) in [5.74, 6) is 0. The van der Waals surface area contributed by atoms with Crippen LogP contribution in [0.1, 0.15) is 0 Å². The molecule has 0 saturated heterocycles. The normalized spacial score (nSPS) is 14.0. The summed E-state index contributed by atoms with van der Waals surface area (Å²) in [5.41, 5.74) is 11.9. The summed E-state index contributed by atoms with van der Waals surface area (Å²) in [5, 5.41) is 14.7. The molecule has 4 rings (SSSR count). The van der Waals surface area contributed by atoms with Gasteiger partial charge in [0.15, 0.2) is 5.52 Å². The molecule has 0 aliphatic carbocycles. The average Bonchev–Trinajstić information content (AvgIpc) is 2.95. The van der Waals surface area contributed by atoms with E-state index < -0.39 is 11.1 Å². The zero-order valence-corrected chi connectivity index (χ0v) is 12.1. The van der Waals surface area contributed by atoms with E-state index in [0.717, 1.165) is 16.8 Å². The summed E-state index contributed by atoms with van der Waals surface area (Å²) in [6.07, 6.45) is 1.13. The van der Waals surface area contributed by atoms with Gasteiger partial charge in [0, 0.05) is 11.5 Å². The van der Waals surface area contributed by atoms with Gasteiger partial charge in [-0.3, -0.25) is 20.5 Å². The zero-order chi connectivity index (χ0) is 16.1. The number of hydrogen-bond acceptors (Lipinski definition) is 6. The standard InChI is InChI=1S/C16H13N5O2/c1-2-13(17)20-11-7-8-12(21(22)23)16-14(11)15(19-20)9-5-3-4-6-10(9)18-16/h2-8,13,19H,1,17H2. The average molecular weight is 307 g/mol. The van der Waals surface area contributed by atoms with Gasteiger partial charge in [0.2, 0.25) is 0 Å². The molecule has 3 aromatic rings. The molecule has 1 aliphatic rings. The first-order valence-electron chi connectivity index (χ1n) is 7.05. The molecular weight excluding hydrogens is 294 g/mol. The molecule has 0 bridgehead atoms. The number of non-ortho nitro benzene ring substituents is 1. The van der Waals surface area contributed by atoms with Crippen LogP contribution in [0.5, 0.6) is 0 Å². The number of hydrazine groups is 1. The van der Waals surface area contributed by atoms with Crippen molar-refractivity contribution in [3.05, 3.63) is 59.2 Å². The SMILES string of the molecule is C=CC(N)N1Nc2c3ccccc3nc3c([N+](=O)[O-])ccc1c23. The topological polar surface area (TPSA) is 97.3 Å². The maximum absolute atomic E-state index is 11.4. The number of aromatic nitrogens is 1. The van der Waals surface area contributed by atoms with Crippen LogP contribution in [0.2, 0.25) is 0 Å². The molecule has 114 valence electrons. The van der Waals surface area contributed by atoms with Gasteiger partial charge in [-0.15, -0.1) is 0 Å². The van der Waals surface area contributed by atoms with Crippen LogP contribution in [0, 0.1) is 10.1 Å². The van der Waals surface area contributed by atoms with Crippen LogP contribution in [0.25, 0.3) is 21.8 Å². The van der Waals surface area contributed by atoms with Gasteiger partial charge < -0.3 is 5.73 Å². The number of benzene rings is 2. The second kappa shape index (κ2) is 4.65. The van der Waals surface area contributed by atoms with Crippen LogP contribution in [0.3, 0.4) is 0 Å². The Hall–Kier alpha value is -3.19. The van der Waals surface area contributed by atoms with E-state index in [2.05, 4.69) is 17.0 Å². The molecule has 2 aromatic carbocycles. The molecule has 7 nitrogen and oxygen atoms in total. The number of pyridine rings is 1. The molecule has 1 atom stereocenters. The number of nitrogens with one attached hydrogen (secondary N) is 1. The monoisotopic (exact) mass is 307 g/mol. The maximum Gasteiger partial charge on any atom is 0.295 e. The van der Waals surface area contributed by atoms with Crippen LogP contribution >= 0.6 is 0 Å². The molecule has 0 fully saturated rings. The lowest BCUT2D eigenvalue weighted by Gasteiger charge is -2.24. The number of nitrogens with two attached hydrogens (primary N) is 1. The molecular formula is C16H13N5O2. The molecule has 0 saturated carbocycles. The number of fused-ring (bicyclic) bond motifs is 2. The van der Waals surface area contributed by atoms with E-state index >= 15 is 0 Å². The molecule has 1 aliphatic heterocycles. The molecule has 1 aromatic heterocycles. The van der Waals surface area contributed by atoms with Crippen LogP contribution in [0.15, 0.2) is 49.1 Å². The highest BCUT2D eigenvalue weighted by atomic mass is 16.6. The summed E-state index contributed by atoms with van der Waals surface area (Å²) < 4.78 is 0. The Bertz CT molecular complexity index is 985. The minimum absolute atomic E-state index is 0.0217. The molecule has 0 radical (unpaired) electrons. The number of para-hydroxylation sites is 1. The predicted molar refractivity (Wildman–Crippen MR) is 90.2 cm³/mol. The second-order valence-corrected chi connectivity index (χ2v) is 5.30. The number of nitro groups is 1. The fourth-order valence-corrected chi connectivity index (χ4v) is 2.95. The van der Waals surface area contributed by atoms with E-state index in [9.17, 15) is 10.1 Å². The third kappa shape index (κ3) is 1.77. The Kier molecular flexibility index (Phi) is 2.73. The molecule has 2 heterocycles. The highest BCUT2D eigenvalue weighted by Crippen LogP contribution is 2.45. The van der Waals surface area contributed by atoms with Crippen LogP contribution in [0.4, 0.5) is 17.1 Å². The van der Waals surface area contributed by atoms with Crippen molar-refractivity contribution in [3.63, 3.8) is 0 Å². The van der Waals surface area contributed by atoms with Gasteiger partial charge in [0.25, 0.3) is 5.69 Å². The summed E-state index contributed by atoms with van der Waals surface area (Å²) in [6, 6.07) is 10.7. The van der Waals surface area contributed by atoms with E-state index in [0.29, 0.717) is 16.4 Å². The Morgan fingerprint density at radius 1 is 1.35 bits per heavy atom. The highest BCUT2D eigenvalue weighted by Gasteiger charge is 2.30. The first-order chi connectivity index (χ1) is 11.1. The smallest absolute Gasteiger partial charge is 0.295 e. The van der Waals surface area contributed by atoms with Crippen molar-refractivity contribution >= 4 is 38.9 Å². The number of hydrogen-bond donors (Lipinski definition) is 2. The van der Waals surface area contributed by atoms with Gasteiger partial charge in [-0.2, -0.15) is 0 Å². The van der Waals surface area contributed by atoms with E-state index in [1.54, 1.807) is 17.2 Å². The van der Waals surface area contributed by atoms with E-state index in [-0.39, 0.29) is 5.69 Å². The van der Waals surface area contributed by atoms with Gasteiger partial charge in [-0.1, -0.05) is 30.9 Å². The minimum atomic E-state index is -0.467. The van der Waals surface area contributed by atoms with Crippen molar-refractivity contribution in [2.24, 2.45) is 5.73 Å². The van der Waals surface area contributed by atoms with Crippen molar-refractivity contribution in [2.75, 3.05) is 10.4 Å². The van der Waals surface area contributed by atoms with E-state index in [1.165, 1.54) is 6.07 Å². The molecule has 1 unspecified atom stereocenters. The van der Waals surface area contributed by atoms with Crippen molar-refractivity contribution in [3.8, 4) is 0 Å². The summed E-state index contributed by atoms with van der Waals surface area (Å²) in [6.45, 7) is 3.71. The fourth-order valence-electron chi connectivity index (χ4n) is 2.95. The molecule has 23 heavy (non-hydrogen) atoms. The number of anilines is 2. The minimum Gasteiger partial charge on any atom is -0.306 e. The van der Waals surface area contributed by atoms with Gasteiger partial charge in [-0.25, -0.2) is 4.98 Å². The highest BCUT2D eigenvalue weighted by molar-refractivity contribution is 6.18. The molecule has 0 spiro atoms. The molecule has 0 amide bonds. The largest absolute Gasteiger partial charge is 0.306 e. The quantitative estimate of drug-likeness (QED) is 0.334. The first kappa shape index (κ1) is 13.5. The van der Waals surface area contributed by atoms with Crippen molar-refractivity contribution in [1.29, 1.82) is 0 Å². The fraction of sp³-hybridized carbons (Fsp3) is 0.0625. The summed E-state index contributed by atoms with van der Waals surface area (Å²) >= 11 is 0. The van der Waals surface area contributed by atoms with Gasteiger partial charge in [0.05, 0.1) is 27.2 Å². The number of nitrogens with zero attached hydrogens (tertiary/aromatic N) is 3. The van der Waals surface area contributed by atoms with Gasteiger partial charge >= 0.3 is 0 Å². The Labute approximate surface area is 131 Å². The number of nitro benzene ring substituents is 1. The summed E-state index contributed by atoms with van der Waals surface area (Å²) in [4.78, 5) is 15.4. The van der Waals surface area contributed by atoms with Crippen LogP contribution < -0.4 is 16.2 Å². The molecule has 3 N–H and O–H groups in total. The van der Waals surface area contributed by atoms with Crippen molar-refractivity contribution in [1.82, 2.24) is 4.98 Å². The zero-order valence-electron chi connectivity index (χ0n) is 12.1. The van der Waals surface area contributed by atoms with Crippen molar-refractivity contribution < 1.29 is 4.92 Å². The number of rotatable bonds is 3. The third-order valence-corrected chi connectivity index (χ3v) is 4.02. The predicted octanol–water partition coefficient (Wildman–Crippen LogP) is 2.91. The summed E-state index contributed by atoms with van der Waals surface area (Å²) in [7, 11) is 0. The van der Waals surface area contributed by atoms with E-state index in [1.807, 2.05) is 24.3 Å². The van der Waals surface area contributed by atoms with Gasteiger partial charge in [0.1, 0.15) is 6.17 Å². The first-order valence-corrected chi connectivity index (χ1v) is 7.05. The van der Waals surface area contributed by atoms with Crippen LogP contribution in [-0.4, -0.2) is 16.1 Å². The third-order valence-electron chi connectivity index (χ3n) is 4.02. The van der Waals surface area contributed by atoms with Crippen molar-refractivity contribution in [2.45, 2.75) is 6.17 Å². The maximum atomic E-state index is 11.4. The lowest BCUT2D eigenvalue weighted by molar-refractivity contribution is -0.383.